The van der Waals surface area contributed by atoms with Crippen LogP contribution in [0.4, 0.5) is 0 Å². The zero-order chi connectivity index (χ0) is 33.9. The highest BCUT2D eigenvalue weighted by molar-refractivity contribution is 5.42. The molecule has 0 heterocycles. The van der Waals surface area contributed by atoms with Crippen molar-refractivity contribution in [2.24, 2.45) is 46.3 Å². The zero-order valence-corrected chi connectivity index (χ0v) is 30.5. The number of fused-ring (bicyclic) bond motifs is 10. The Kier molecular flexibility index (Phi) is 9.39. The van der Waals surface area contributed by atoms with Crippen molar-refractivity contribution in [3.05, 3.63) is 58.7 Å². The molecule has 0 saturated heterocycles. The van der Waals surface area contributed by atoms with Crippen molar-refractivity contribution < 1.29 is 20.4 Å². The molecule has 0 amide bonds. The van der Waals surface area contributed by atoms with Crippen LogP contribution in [-0.4, -0.2) is 32.6 Å². The van der Waals surface area contributed by atoms with Crippen molar-refractivity contribution in [3.8, 4) is 11.5 Å². The third-order valence-electron chi connectivity index (χ3n) is 16.3. The van der Waals surface area contributed by atoms with E-state index in [0.29, 0.717) is 58.8 Å². The van der Waals surface area contributed by atoms with Gasteiger partial charge in [0.1, 0.15) is 11.5 Å². The first-order valence-corrected chi connectivity index (χ1v) is 20.7. The van der Waals surface area contributed by atoms with Gasteiger partial charge in [-0.2, -0.15) is 0 Å². The number of hydrogen-bond donors (Lipinski definition) is 4. The average molecular weight is 669 g/mol. The number of phenols is 2. The quantitative estimate of drug-likeness (QED) is 0.190. The molecular formula is C45H64O4. The highest BCUT2D eigenvalue weighted by atomic mass is 16.3. The summed E-state index contributed by atoms with van der Waals surface area (Å²) in [7, 11) is 0. The van der Waals surface area contributed by atoms with Gasteiger partial charge < -0.3 is 20.4 Å². The molecule has 268 valence electrons. The first-order valence-electron chi connectivity index (χ1n) is 20.7. The summed E-state index contributed by atoms with van der Waals surface area (Å²) < 4.78 is 0. The predicted molar refractivity (Wildman–Crippen MR) is 197 cm³/mol. The standard InChI is InChI=1S/C45H64O4/c1-44-22-20-36-34-14-12-32(46)26-30(34)24-28(42(36)38(44)16-18-40(44)48)10-8-6-4-3-5-7-9-11-29-25-31-27-33(47)13-15-35(31)37-21-23-45(2)39(43(29)37)17-19-41(45)49/h12-15,26-29,36-43,46-49H,3-11,16-25H2,1-2H3/t28-,29+,36-,37+,38+,39-,40+,41-,42-,43+,44+,45-. The Hall–Kier alpha value is -2.04. The molecule has 0 spiro atoms. The van der Waals surface area contributed by atoms with Gasteiger partial charge in [0.05, 0.1) is 12.2 Å². The molecule has 4 saturated carbocycles. The minimum absolute atomic E-state index is 0.0898. The highest BCUT2D eigenvalue weighted by Gasteiger charge is 2.58. The van der Waals surface area contributed by atoms with Crippen molar-refractivity contribution in [1.82, 2.24) is 0 Å². The fraction of sp³-hybridized carbons (Fsp3) is 0.733. The van der Waals surface area contributed by atoms with Gasteiger partial charge >= 0.3 is 0 Å². The summed E-state index contributed by atoms with van der Waals surface area (Å²) in [4.78, 5) is 0. The van der Waals surface area contributed by atoms with Gasteiger partial charge in [0.2, 0.25) is 0 Å². The molecule has 4 fully saturated rings. The van der Waals surface area contributed by atoms with Crippen LogP contribution in [-0.2, 0) is 12.8 Å². The maximum Gasteiger partial charge on any atom is 0.115 e. The van der Waals surface area contributed by atoms with Gasteiger partial charge in [0.15, 0.2) is 0 Å². The van der Waals surface area contributed by atoms with Crippen LogP contribution >= 0.6 is 0 Å². The minimum Gasteiger partial charge on any atom is -0.508 e. The molecule has 0 aliphatic heterocycles. The van der Waals surface area contributed by atoms with Crippen LogP contribution < -0.4 is 0 Å². The molecule has 4 N–H and O–H groups in total. The van der Waals surface area contributed by atoms with Crippen LogP contribution in [0.1, 0.15) is 157 Å². The highest BCUT2D eigenvalue weighted by Crippen LogP contribution is 2.64. The molecule has 8 rings (SSSR count). The van der Waals surface area contributed by atoms with Gasteiger partial charge in [-0.25, -0.2) is 0 Å². The zero-order valence-electron chi connectivity index (χ0n) is 30.5. The molecule has 0 radical (unpaired) electrons. The van der Waals surface area contributed by atoms with E-state index in [9.17, 15) is 20.4 Å². The summed E-state index contributed by atoms with van der Waals surface area (Å²) in [5.74, 6) is 5.97. The second kappa shape index (κ2) is 13.5. The van der Waals surface area contributed by atoms with E-state index in [1.54, 1.807) is 0 Å². The van der Waals surface area contributed by atoms with E-state index in [-0.39, 0.29) is 23.0 Å². The summed E-state index contributed by atoms with van der Waals surface area (Å²) in [5.41, 5.74) is 5.94. The molecule has 2 aromatic carbocycles. The average Bonchev–Trinajstić information content (AvgIpc) is 3.56. The Morgan fingerprint density at radius 3 is 1.39 bits per heavy atom. The lowest BCUT2D eigenvalue weighted by molar-refractivity contribution is -0.0396. The van der Waals surface area contributed by atoms with Gasteiger partial charge in [0.25, 0.3) is 0 Å². The lowest BCUT2D eigenvalue weighted by atomic mass is 9.52. The van der Waals surface area contributed by atoms with Crippen LogP contribution in [0.25, 0.3) is 0 Å². The molecule has 12 atom stereocenters. The predicted octanol–water partition coefficient (Wildman–Crippen LogP) is 10.2. The molecule has 6 aliphatic rings. The third kappa shape index (κ3) is 5.97. The Balaban J connectivity index is 0.827. The second-order valence-corrected chi connectivity index (χ2v) is 18.6. The van der Waals surface area contributed by atoms with E-state index in [0.717, 1.165) is 38.5 Å². The first kappa shape index (κ1) is 34.1. The number of phenolic OH excluding ortho intramolecular Hbond substituents is 2. The molecule has 0 bridgehead atoms. The molecule has 4 heteroatoms. The first-order chi connectivity index (χ1) is 23.7. The molecule has 49 heavy (non-hydrogen) atoms. The Morgan fingerprint density at radius 2 is 0.959 bits per heavy atom. The van der Waals surface area contributed by atoms with Crippen molar-refractivity contribution in [2.75, 3.05) is 0 Å². The van der Waals surface area contributed by atoms with Crippen molar-refractivity contribution in [2.45, 2.75) is 160 Å². The number of benzene rings is 2. The number of aliphatic hydroxyl groups excluding tert-OH is 2. The van der Waals surface area contributed by atoms with Gasteiger partial charge in [0, 0.05) is 0 Å². The van der Waals surface area contributed by atoms with Crippen LogP contribution in [0, 0.1) is 46.3 Å². The number of hydrogen-bond acceptors (Lipinski definition) is 4. The molecule has 0 aromatic heterocycles. The smallest absolute Gasteiger partial charge is 0.115 e. The largest absolute Gasteiger partial charge is 0.508 e. The summed E-state index contributed by atoms with van der Waals surface area (Å²) in [6.07, 6.45) is 22.7. The monoisotopic (exact) mass is 668 g/mol. The second-order valence-electron chi connectivity index (χ2n) is 18.6. The number of rotatable bonds is 10. The van der Waals surface area contributed by atoms with Gasteiger partial charge in [-0.05, 0) is 182 Å². The lowest BCUT2D eigenvalue weighted by Crippen LogP contribution is -2.47. The molecular weight excluding hydrogens is 604 g/mol. The maximum atomic E-state index is 11.0. The molecule has 6 aliphatic carbocycles. The summed E-state index contributed by atoms with van der Waals surface area (Å²) in [6, 6.07) is 12.3. The third-order valence-corrected chi connectivity index (χ3v) is 16.3. The Labute approximate surface area is 296 Å². The fourth-order valence-electron chi connectivity index (χ4n) is 13.8. The van der Waals surface area contributed by atoms with E-state index in [2.05, 4.69) is 38.1 Å². The van der Waals surface area contributed by atoms with Gasteiger partial charge in [-0.1, -0.05) is 70.9 Å². The number of aliphatic hydroxyl groups is 2. The van der Waals surface area contributed by atoms with E-state index in [1.807, 2.05) is 12.1 Å². The maximum absolute atomic E-state index is 11.0. The lowest BCUT2D eigenvalue weighted by Gasteiger charge is -2.53. The van der Waals surface area contributed by atoms with Crippen molar-refractivity contribution in [3.63, 3.8) is 0 Å². The number of unbranched alkanes of at least 4 members (excludes halogenated alkanes) is 6. The van der Waals surface area contributed by atoms with E-state index in [1.165, 1.54) is 106 Å². The van der Waals surface area contributed by atoms with Crippen molar-refractivity contribution in [1.29, 1.82) is 0 Å². The van der Waals surface area contributed by atoms with Gasteiger partial charge in [-0.3, -0.25) is 0 Å². The SMILES string of the molecule is C[C@@]12CC[C@H]3c4ccc(O)cc4C[C@H](CCCCCCCCC[C@@H]4Cc5cc(O)ccc5[C@H]5CC[C@]6(C)[C@@H](O)CC[C@H]6[C@H]45)[C@@H]3[C@H]1CC[C@H]2O. The molecule has 2 aromatic rings. The van der Waals surface area contributed by atoms with Crippen molar-refractivity contribution >= 4 is 0 Å². The summed E-state index contributed by atoms with van der Waals surface area (Å²) in [5, 5.41) is 42.6. The Bertz CT molecular complexity index is 1370. The van der Waals surface area contributed by atoms with E-state index in [4.69, 9.17) is 0 Å². The summed E-state index contributed by atoms with van der Waals surface area (Å²) >= 11 is 0. The van der Waals surface area contributed by atoms with Gasteiger partial charge in [-0.15, -0.1) is 0 Å². The topological polar surface area (TPSA) is 80.9 Å². The minimum atomic E-state index is -0.137. The Morgan fingerprint density at radius 1 is 0.551 bits per heavy atom. The van der Waals surface area contributed by atoms with Crippen LogP contribution in [0.2, 0.25) is 0 Å². The van der Waals surface area contributed by atoms with Crippen LogP contribution in [0.15, 0.2) is 36.4 Å². The number of aromatic hydroxyl groups is 2. The van der Waals surface area contributed by atoms with E-state index >= 15 is 0 Å². The molecule has 4 nitrogen and oxygen atoms in total. The van der Waals surface area contributed by atoms with Crippen LogP contribution in [0.3, 0.4) is 0 Å². The normalized spacial score (nSPS) is 40.5. The van der Waals surface area contributed by atoms with Crippen LogP contribution in [0.5, 0.6) is 11.5 Å². The molecule has 0 unspecified atom stereocenters. The fourth-order valence-corrected chi connectivity index (χ4v) is 13.8. The van der Waals surface area contributed by atoms with E-state index < -0.39 is 0 Å². The summed E-state index contributed by atoms with van der Waals surface area (Å²) in [6.45, 7) is 4.77.